The van der Waals surface area contributed by atoms with E-state index in [-0.39, 0.29) is 0 Å². The van der Waals surface area contributed by atoms with Crippen LogP contribution in [0.3, 0.4) is 0 Å². The summed E-state index contributed by atoms with van der Waals surface area (Å²) in [5.74, 6) is 0.525. The number of hydrogen-bond donors (Lipinski definition) is 0. The van der Waals surface area contributed by atoms with Gasteiger partial charge >= 0.3 is 0 Å². The molecule has 2 aromatic heterocycles. The van der Waals surface area contributed by atoms with E-state index in [4.69, 9.17) is 11.6 Å². The molecule has 0 aliphatic carbocycles. The molecule has 0 atom stereocenters. The molecule has 0 spiro atoms. The Morgan fingerprint density at radius 3 is 2.79 bits per heavy atom. The SMILES string of the molecule is Cc1cc(Cl)nc(-c2ccncn2)n1. The van der Waals surface area contributed by atoms with Crippen molar-refractivity contribution in [1.82, 2.24) is 19.9 Å². The molecule has 5 heteroatoms. The Bertz CT molecular complexity index is 424. The third kappa shape index (κ3) is 1.85. The highest BCUT2D eigenvalue weighted by Gasteiger charge is 2.03. The second-order valence-corrected chi connectivity index (χ2v) is 3.14. The van der Waals surface area contributed by atoms with Crippen molar-refractivity contribution in [3.8, 4) is 11.5 Å². The minimum absolute atomic E-state index is 0.422. The molecule has 2 heterocycles. The molecule has 14 heavy (non-hydrogen) atoms. The predicted octanol–water partition coefficient (Wildman–Crippen LogP) is 1.90. The van der Waals surface area contributed by atoms with Crippen LogP contribution in [0.1, 0.15) is 5.69 Å². The lowest BCUT2D eigenvalue weighted by atomic mass is 10.3. The lowest BCUT2D eigenvalue weighted by Gasteiger charge is -2.00. The molecule has 2 rings (SSSR count). The zero-order valence-corrected chi connectivity index (χ0v) is 8.23. The van der Waals surface area contributed by atoms with E-state index in [1.807, 2.05) is 6.92 Å². The highest BCUT2D eigenvalue weighted by molar-refractivity contribution is 6.29. The molecular weight excluding hydrogens is 200 g/mol. The van der Waals surface area contributed by atoms with Crippen LogP contribution in [0.5, 0.6) is 0 Å². The Balaban J connectivity index is 2.52. The van der Waals surface area contributed by atoms with E-state index >= 15 is 0 Å². The Labute approximate surface area is 86.0 Å². The summed E-state index contributed by atoms with van der Waals surface area (Å²) in [5, 5.41) is 0.422. The van der Waals surface area contributed by atoms with Gasteiger partial charge in [-0.25, -0.2) is 19.9 Å². The third-order valence-corrected chi connectivity index (χ3v) is 1.83. The predicted molar refractivity (Wildman–Crippen MR) is 52.8 cm³/mol. The molecule has 0 aliphatic heterocycles. The van der Waals surface area contributed by atoms with Gasteiger partial charge < -0.3 is 0 Å². The van der Waals surface area contributed by atoms with E-state index in [0.717, 1.165) is 5.69 Å². The van der Waals surface area contributed by atoms with Gasteiger partial charge in [0.05, 0.1) is 0 Å². The average molecular weight is 207 g/mol. The van der Waals surface area contributed by atoms with Gasteiger partial charge in [0, 0.05) is 11.9 Å². The van der Waals surface area contributed by atoms with Gasteiger partial charge in [-0.1, -0.05) is 11.6 Å². The summed E-state index contributed by atoms with van der Waals surface area (Å²) in [6, 6.07) is 3.44. The first-order chi connectivity index (χ1) is 6.75. The van der Waals surface area contributed by atoms with Crippen LogP contribution < -0.4 is 0 Å². The minimum atomic E-state index is 0.422. The maximum atomic E-state index is 5.81. The van der Waals surface area contributed by atoms with E-state index in [9.17, 15) is 0 Å². The molecule has 0 bridgehead atoms. The molecule has 0 aromatic carbocycles. The fourth-order valence-corrected chi connectivity index (χ4v) is 1.31. The van der Waals surface area contributed by atoms with Crippen LogP contribution in [-0.4, -0.2) is 19.9 Å². The summed E-state index contributed by atoms with van der Waals surface area (Å²) in [4.78, 5) is 16.1. The van der Waals surface area contributed by atoms with Gasteiger partial charge in [0.1, 0.15) is 17.2 Å². The highest BCUT2D eigenvalue weighted by atomic mass is 35.5. The molecule has 2 aromatic rings. The van der Waals surface area contributed by atoms with Gasteiger partial charge in [-0.05, 0) is 19.1 Å². The van der Waals surface area contributed by atoms with Gasteiger partial charge in [-0.3, -0.25) is 0 Å². The smallest absolute Gasteiger partial charge is 0.179 e. The second-order valence-electron chi connectivity index (χ2n) is 2.75. The Kier molecular flexibility index (Phi) is 2.37. The second kappa shape index (κ2) is 3.67. The average Bonchev–Trinajstić information content (AvgIpc) is 2.18. The maximum absolute atomic E-state index is 5.81. The van der Waals surface area contributed by atoms with Crippen molar-refractivity contribution in [2.75, 3.05) is 0 Å². The van der Waals surface area contributed by atoms with E-state index in [0.29, 0.717) is 16.7 Å². The molecule has 0 unspecified atom stereocenters. The summed E-state index contributed by atoms with van der Waals surface area (Å²) in [6.45, 7) is 1.86. The molecule has 0 saturated carbocycles. The van der Waals surface area contributed by atoms with Gasteiger partial charge in [0.25, 0.3) is 0 Å². The van der Waals surface area contributed by atoms with Crippen LogP contribution in [0.15, 0.2) is 24.7 Å². The monoisotopic (exact) mass is 206 g/mol. The van der Waals surface area contributed by atoms with Crippen LogP contribution in [0.25, 0.3) is 11.5 Å². The number of aryl methyl sites for hydroxylation is 1. The van der Waals surface area contributed by atoms with Gasteiger partial charge in [0.15, 0.2) is 5.82 Å². The van der Waals surface area contributed by atoms with E-state index < -0.39 is 0 Å². The van der Waals surface area contributed by atoms with Crippen LogP contribution in [0.2, 0.25) is 5.15 Å². The van der Waals surface area contributed by atoms with Crippen LogP contribution in [-0.2, 0) is 0 Å². The molecule has 0 aliphatic rings. The van der Waals surface area contributed by atoms with Gasteiger partial charge in [-0.2, -0.15) is 0 Å². The Hall–Kier alpha value is -1.55. The molecule has 0 N–H and O–H groups in total. The van der Waals surface area contributed by atoms with Crippen molar-refractivity contribution in [3.63, 3.8) is 0 Å². The number of hydrogen-bond acceptors (Lipinski definition) is 4. The van der Waals surface area contributed by atoms with Crippen molar-refractivity contribution in [2.45, 2.75) is 6.92 Å². The van der Waals surface area contributed by atoms with Gasteiger partial charge in [-0.15, -0.1) is 0 Å². The topological polar surface area (TPSA) is 51.6 Å². The summed E-state index contributed by atoms with van der Waals surface area (Å²) >= 11 is 5.81. The van der Waals surface area contributed by atoms with Crippen molar-refractivity contribution >= 4 is 11.6 Å². The fourth-order valence-electron chi connectivity index (χ4n) is 1.07. The quantitative estimate of drug-likeness (QED) is 0.669. The number of rotatable bonds is 1. The van der Waals surface area contributed by atoms with E-state index in [1.165, 1.54) is 6.33 Å². The van der Waals surface area contributed by atoms with Crippen LogP contribution in [0, 0.1) is 6.92 Å². The molecule has 0 amide bonds. The molecular formula is C9H7ClN4. The zero-order valence-electron chi connectivity index (χ0n) is 7.48. The molecule has 0 fully saturated rings. The first-order valence-electron chi connectivity index (χ1n) is 4.03. The summed E-state index contributed by atoms with van der Waals surface area (Å²) in [5.41, 5.74) is 1.49. The lowest BCUT2D eigenvalue weighted by Crippen LogP contribution is -1.94. The molecule has 70 valence electrons. The number of aromatic nitrogens is 4. The fraction of sp³-hybridized carbons (Fsp3) is 0.111. The van der Waals surface area contributed by atoms with E-state index in [1.54, 1.807) is 18.3 Å². The van der Waals surface area contributed by atoms with Crippen LogP contribution in [0.4, 0.5) is 0 Å². The van der Waals surface area contributed by atoms with Crippen molar-refractivity contribution in [1.29, 1.82) is 0 Å². The van der Waals surface area contributed by atoms with Crippen molar-refractivity contribution in [2.24, 2.45) is 0 Å². The summed E-state index contributed by atoms with van der Waals surface area (Å²) < 4.78 is 0. The van der Waals surface area contributed by atoms with Gasteiger partial charge in [0.2, 0.25) is 0 Å². The van der Waals surface area contributed by atoms with E-state index in [2.05, 4.69) is 19.9 Å². The summed E-state index contributed by atoms with van der Waals surface area (Å²) in [7, 11) is 0. The summed E-state index contributed by atoms with van der Waals surface area (Å²) in [6.07, 6.45) is 3.09. The van der Waals surface area contributed by atoms with Crippen molar-refractivity contribution in [3.05, 3.63) is 35.5 Å². The molecule has 0 saturated heterocycles. The first kappa shape index (κ1) is 9.02. The van der Waals surface area contributed by atoms with Crippen LogP contribution >= 0.6 is 11.6 Å². The largest absolute Gasteiger partial charge is 0.245 e. The number of halogens is 1. The molecule has 0 radical (unpaired) electrons. The first-order valence-corrected chi connectivity index (χ1v) is 4.41. The molecule has 4 nitrogen and oxygen atoms in total. The Morgan fingerprint density at radius 2 is 2.14 bits per heavy atom. The van der Waals surface area contributed by atoms with Crippen molar-refractivity contribution < 1.29 is 0 Å². The maximum Gasteiger partial charge on any atom is 0.179 e. The minimum Gasteiger partial charge on any atom is -0.245 e. The third-order valence-electron chi connectivity index (χ3n) is 1.63. The lowest BCUT2D eigenvalue weighted by molar-refractivity contribution is 1.07. The number of nitrogens with zero attached hydrogens (tertiary/aromatic N) is 4. The standard InChI is InChI=1S/C9H7ClN4/c1-6-4-8(10)14-9(13-6)7-2-3-11-5-12-7/h2-5H,1H3. The zero-order chi connectivity index (χ0) is 9.97. The highest BCUT2D eigenvalue weighted by Crippen LogP contribution is 2.14. The Morgan fingerprint density at radius 1 is 1.29 bits per heavy atom. The normalized spacial score (nSPS) is 10.1.